The molecule has 0 fully saturated rings. The first-order valence-electron chi connectivity index (χ1n) is 10.00. The van der Waals surface area contributed by atoms with Gasteiger partial charge in [-0.15, -0.1) is 0 Å². The number of anilines is 2. The van der Waals surface area contributed by atoms with E-state index in [1.165, 1.54) is 49.5 Å². The first-order chi connectivity index (χ1) is 14.4. The average Bonchev–Trinajstić information content (AvgIpc) is 2.79. The van der Waals surface area contributed by atoms with E-state index < -0.39 is 0 Å². The molecule has 2 nitrogen and oxygen atoms in total. The van der Waals surface area contributed by atoms with Crippen molar-refractivity contribution in [1.82, 2.24) is 0 Å². The van der Waals surface area contributed by atoms with Gasteiger partial charge in [0.2, 0.25) is 0 Å². The number of nitrogens with one attached hydrogen (secondary N) is 2. The van der Waals surface area contributed by atoms with E-state index in [9.17, 15) is 0 Å². The molecule has 0 unspecified atom stereocenters. The fourth-order valence-corrected chi connectivity index (χ4v) is 4.43. The van der Waals surface area contributed by atoms with Crippen LogP contribution in [0.4, 0.5) is 11.4 Å². The molecule has 3 heteroatoms. The van der Waals surface area contributed by atoms with Crippen LogP contribution in [0.3, 0.4) is 0 Å². The second-order valence-corrected chi connectivity index (χ2v) is 7.58. The van der Waals surface area contributed by atoms with Crippen molar-refractivity contribution in [3.63, 3.8) is 0 Å². The molecule has 0 aliphatic carbocycles. The van der Waals surface area contributed by atoms with Gasteiger partial charge in [0.05, 0.1) is 0 Å². The molecule has 1 aliphatic heterocycles. The van der Waals surface area contributed by atoms with Gasteiger partial charge in [0.1, 0.15) is 0 Å². The van der Waals surface area contributed by atoms with Crippen molar-refractivity contribution in [3.8, 4) is 11.1 Å². The summed E-state index contributed by atoms with van der Waals surface area (Å²) in [4.78, 5) is 0. The van der Waals surface area contributed by atoms with Crippen molar-refractivity contribution in [2.75, 3.05) is 10.5 Å². The fraction of sp³-hybridized carbons (Fsp3) is 0. The van der Waals surface area contributed by atoms with E-state index in [1.807, 2.05) is 0 Å². The molecule has 1 heterocycles. The first-order valence-corrected chi connectivity index (χ1v) is 10.00. The van der Waals surface area contributed by atoms with Crippen LogP contribution < -0.4 is 15.9 Å². The maximum absolute atomic E-state index is 3.66. The van der Waals surface area contributed by atoms with Gasteiger partial charge in [-0.05, 0) is 44.9 Å². The van der Waals surface area contributed by atoms with Gasteiger partial charge < -0.3 is 10.5 Å². The van der Waals surface area contributed by atoms with Crippen LogP contribution in [0.2, 0.25) is 0 Å². The van der Waals surface area contributed by atoms with E-state index >= 15 is 0 Å². The van der Waals surface area contributed by atoms with Crippen LogP contribution in [0.1, 0.15) is 0 Å². The summed E-state index contributed by atoms with van der Waals surface area (Å²) < 4.78 is 0. The van der Waals surface area contributed by atoms with Crippen LogP contribution >= 0.6 is 0 Å². The summed E-state index contributed by atoms with van der Waals surface area (Å²) in [6.45, 7) is 0.0528. The van der Waals surface area contributed by atoms with Crippen LogP contribution in [0.5, 0.6) is 0 Å². The number of hydrogen-bond donors (Lipinski definition) is 2. The number of rotatable bonds is 2. The molecule has 0 bridgehead atoms. The molecule has 29 heavy (non-hydrogen) atoms. The number of fused-ring (bicyclic) bond motifs is 1. The zero-order chi connectivity index (χ0) is 19.2. The molecule has 0 spiro atoms. The monoisotopic (exact) mass is 370 g/mol. The third-order valence-electron chi connectivity index (χ3n) is 5.85. The highest BCUT2D eigenvalue weighted by Gasteiger charge is 2.25. The van der Waals surface area contributed by atoms with Crippen LogP contribution in [-0.2, 0) is 0 Å². The lowest BCUT2D eigenvalue weighted by molar-refractivity contribution is 1.60. The summed E-state index contributed by atoms with van der Waals surface area (Å²) in [6, 6.07) is 36.8. The minimum absolute atomic E-state index is 0.0528. The van der Waals surface area contributed by atoms with Crippen LogP contribution in [-0.4, -0.2) is 6.98 Å². The fourth-order valence-electron chi connectivity index (χ4n) is 4.43. The Morgan fingerprint density at radius 3 is 1.90 bits per heavy atom. The largest absolute Gasteiger partial charge is 0.406 e. The standard InChI is InChI=1S/C26H19BN2/c1-2-10-22-18(6-1)7-3-11-23(22)19-14-16-21(17-15-19)27-28-24-12-4-8-20-9-5-13-25(29-27)26(20)24/h1-17,28-29H. The second kappa shape index (κ2) is 6.42. The zero-order valence-corrected chi connectivity index (χ0v) is 15.9. The van der Waals surface area contributed by atoms with Crippen molar-refractivity contribution in [3.05, 3.63) is 103 Å². The molecule has 2 N–H and O–H groups in total. The van der Waals surface area contributed by atoms with E-state index in [0.717, 1.165) is 0 Å². The first kappa shape index (κ1) is 16.3. The normalized spacial score (nSPS) is 12.6. The van der Waals surface area contributed by atoms with Gasteiger partial charge in [0.15, 0.2) is 0 Å². The number of hydrogen-bond acceptors (Lipinski definition) is 2. The van der Waals surface area contributed by atoms with Crippen molar-refractivity contribution in [2.45, 2.75) is 0 Å². The Kier molecular flexibility index (Phi) is 3.60. The topological polar surface area (TPSA) is 24.1 Å². The van der Waals surface area contributed by atoms with Crippen molar-refractivity contribution in [1.29, 1.82) is 0 Å². The molecule has 1 aliphatic rings. The van der Waals surface area contributed by atoms with Crippen molar-refractivity contribution >= 4 is 45.4 Å². The van der Waals surface area contributed by atoms with E-state index in [1.54, 1.807) is 0 Å². The summed E-state index contributed by atoms with van der Waals surface area (Å²) in [6.07, 6.45) is 0. The summed E-state index contributed by atoms with van der Waals surface area (Å²) in [7, 11) is 0. The number of benzene rings is 5. The zero-order valence-electron chi connectivity index (χ0n) is 15.9. The van der Waals surface area contributed by atoms with Crippen LogP contribution in [0.15, 0.2) is 103 Å². The molecular formula is C26H19BN2. The average molecular weight is 370 g/mol. The maximum Gasteiger partial charge on any atom is 0.406 e. The molecule has 0 atom stereocenters. The minimum atomic E-state index is 0.0528. The SMILES string of the molecule is c1ccc2c(-c3ccc(B4Nc5cccc6cccc(c56)N4)cc3)cccc2c1. The second-order valence-electron chi connectivity index (χ2n) is 7.58. The molecule has 0 aromatic heterocycles. The smallest absolute Gasteiger partial charge is 0.405 e. The van der Waals surface area contributed by atoms with E-state index in [-0.39, 0.29) is 6.98 Å². The third kappa shape index (κ3) is 2.66. The van der Waals surface area contributed by atoms with Gasteiger partial charge >= 0.3 is 6.98 Å². The Bertz CT molecular complexity index is 1310. The predicted molar refractivity (Wildman–Crippen MR) is 126 cm³/mol. The molecule has 0 saturated heterocycles. The van der Waals surface area contributed by atoms with Crippen molar-refractivity contribution in [2.24, 2.45) is 0 Å². The molecule has 136 valence electrons. The lowest BCUT2D eigenvalue weighted by Gasteiger charge is -2.27. The van der Waals surface area contributed by atoms with Crippen molar-refractivity contribution < 1.29 is 0 Å². The van der Waals surface area contributed by atoms with Gasteiger partial charge in [-0.1, -0.05) is 91.0 Å². The molecule has 0 saturated carbocycles. The van der Waals surface area contributed by atoms with E-state index in [2.05, 4.69) is 114 Å². The van der Waals surface area contributed by atoms with E-state index in [4.69, 9.17) is 0 Å². The highest BCUT2D eigenvalue weighted by Crippen LogP contribution is 2.34. The maximum atomic E-state index is 3.66. The molecule has 5 aromatic rings. The minimum Gasteiger partial charge on any atom is -0.405 e. The summed E-state index contributed by atoms with van der Waals surface area (Å²) >= 11 is 0. The van der Waals surface area contributed by atoms with Gasteiger partial charge in [0, 0.05) is 16.8 Å². The van der Waals surface area contributed by atoms with Gasteiger partial charge in [0.25, 0.3) is 0 Å². The Morgan fingerprint density at radius 1 is 0.517 bits per heavy atom. The predicted octanol–water partition coefficient (Wildman–Crippen LogP) is 5.89. The summed E-state index contributed by atoms with van der Waals surface area (Å²) in [5.74, 6) is 0. The Hall–Kier alpha value is -3.72. The van der Waals surface area contributed by atoms with Crippen LogP contribution in [0.25, 0.3) is 32.7 Å². The highest BCUT2D eigenvalue weighted by molar-refractivity contribution is 6.80. The summed E-state index contributed by atoms with van der Waals surface area (Å²) in [5.41, 5.74) is 6.10. The molecular weight excluding hydrogens is 351 g/mol. The van der Waals surface area contributed by atoms with Crippen LogP contribution in [0, 0.1) is 0 Å². The molecule has 5 aromatic carbocycles. The molecule has 0 amide bonds. The lowest BCUT2D eigenvalue weighted by atomic mass is 9.66. The van der Waals surface area contributed by atoms with E-state index in [0.29, 0.717) is 0 Å². The Balaban J connectivity index is 1.37. The third-order valence-corrected chi connectivity index (χ3v) is 5.85. The lowest BCUT2D eigenvalue weighted by Crippen LogP contribution is -2.47. The quantitative estimate of drug-likeness (QED) is 0.379. The van der Waals surface area contributed by atoms with Gasteiger partial charge in [-0.2, -0.15) is 0 Å². The Labute approximate surface area is 170 Å². The molecule has 0 radical (unpaired) electrons. The molecule has 6 rings (SSSR count). The highest BCUT2D eigenvalue weighted by atomic mass is 15.0. The summed E-state index contributed by atoms with van der Waals surface area (Å²) in [5, 5.41) is 12.4. The van der Waals surface area contributed by atoms with Gasteiger partial charge in [-0.25, -0.2) is 0 Å². The Morgan fingerprint density at radius 2 is 1.14 bits per heavy atom. The van der Waals surface area contributed by atoms with Gasteiger partial charge in [-0.3, -0.25) is 0 Å².